The summed E-state index contributed by atoms with van der Waals surface area (Å²) >= 11 is 1.46. The van der Waals surface area contributed by atoms with E-state index < -0.39 is 10.0 Å². The van der Waals surface area contributed by atoms with Crippen molar-refractivity contribution in [1.82, 2.24) is 9.21 Å². The van der Waals surface area contributed by atoms with Crippen molar-refractivity contribution in [2.24, 2.45) is 0 Å². The largest absolute Gasteiger partial charge is 0.375 e. The number of morpholine rings is 1. The molecule has 0 bridgehead atoms. The van der Waals surface area contributed by atoms with Crippen LogP contribution >= 0.6 is 11.3 Å². The lowest BCUT2D eigenvalue weighted by Gasteiger charge is -2.38. The fraction of sp³-hybridized carbons (Fsp3) is 0.667. The molecule has 6 nitrogen and oxygen atoms in total. The highest BCUT2D eigenvalue weighted by atomic mass is 32.2. The Bertz CT molecular complexity index is 685. The summed E-state index contributed by atoms with van der Waals surface area (Å²) in [6.07, 6.45) is 2.42. The van der Waals surface area contributed by atoms with Crippen LogP contribution in [0.25, 0.3) is 0 Å². The predicted molar refractivity (Wildman–Crippen MR) is 89.3 cm³/mol. The van der Waals surface area contributed by atoms with Gasteiger partial charge < -0.3 is 9.64 Å². The average molecular weight is 358 g/mol. The van der Waals surface area contributed by atoms with Crippen molar-refractivity contribution in [2.45, 2.75) is 31.9 Å². The van der Waals surface area contributed by atoms with Gasteiger partial charge in [-0.3, -0.25) is 4.79 Å². The van der Waals surface area contributed by atoms with E-state index in [0.29, 0.717) is 39.1 Å². The van der Waals surface area contributed by atoms with Gasteiger partial charge in [-0.15, -0.1) is 11.3 Å². The van der Waals surface area contributed by atoms with Crippen LogP contribution in [0, 0.1) is 6.92 Å². The van der Waals surface area contributed by atoms with E-state index in [1.54, 1.807) is 4.31 Å². The number of hydrogen-bond donors (Lipinski definition) is 0. The molecular formula is C15H22N2O4S2. The number of hydrogen-bond acceptors (Lipinski definition) is 5. The van der Waals surface area contributed by atoms with Gasteiger partial charge in [-0.2, -0.15) is 4.31 Å². The molecule has 2 atom stereocenters. The zero-order chi connectivity index (χ0) is 16.6. The molecule has 0 unspecified atom stereocenters. The average Bonchev–Trinajstić information content (AvgIpc) is 2.81. The number of ether oxygens (including phenoxy) is 1. The molecular weight excluding hydrogens is 336 g/mol. The van der Waals surface area contributed by atoms with Crippen LogP contribution in [0.4, 0.5) is 0 Å². The molecule has 0 radical (unpaired) electrons. The summed E-state index contributed by atoms with van der Waals surface area (Å²) in [6, 6.07) is 1.74. The van der Waals surface area contributed by atoms with Gasteiger partial charge in [-0.05, 0) is 36.8 Å². The number of likely N-dealkylation sites (tertiary alicyclic amines) is 1. The number of carbonyl (C=O) groups is 1. The van der Waals surface area contributed by atoms with Gasteiger partial charge in [0, 0.05) is 19.6 Å². The maximum absolute atomic E-state index is 12.6. The number of sulfonamides is 1. The van der Waals surface area contributed by atoms with Crippen molar-refractivity contribution >= 4 is 27.3 Å². The summed E-state index contributed by atoms with van der Waals surface area (Å²) in [5.74, 6) is 0.0349. The lowest BCUT2D eigenvalue weighted by Crippen LogP contribution is -2.53. The molecule has 0 spiro atoms. The number of carbonyl (C=O) groups excluding carboxylic acids is 1. The minimum Gasteiger partial charge on any atom is -0.375 e. The quantitative estimate of drug-likeness (QED) is 0.800. The van der Waals surface area contributed by atoms with Crippen LogP contribution in [0.5, 0.6) is 0 Å². The molecule has 2 fully saturated rings. The van der Waals surface area contributed by atoms with Crippen LogP contribution in [0.1, 0.15) is 28.1 Å². The molecule has 0 aliphatic carbocycles. The SMILES string of the molecule is Cc1csc(C(=O)N2CC[C@@H]3[C@@H](CC2)OCCN3S(C)(=O)=O)c1. The Morgan fingerprint density at radius 1 is 1.30 bits per heavy atom. The normalized spacial score (nSPS) is 26.6. The van der Waals surface area contributed by atoms with E-state index in [1.165, 1.54) is 17.6 Å². The van der Waals surface area contributed by atoms with E-state index in [9.17, 15) is 13.2 Å². The summed E-state index contributed by atoms with van der Waals surface area (Å²) in [5.41, 5.74) is 1.09. The van der Waals surface area contributed by atoms with Crippen molar-refractivity contribution in [3.8, 4) is 0 Å². The van der Waals surface area contributed by atoms with Crippen molar-refractivity contribution in [3.05, 3.63) is 21.9 Å². The molecule has 0 N–H and O–H groups in total. The first-order valence-corrected chi connectivity index (χ1v) is 10.5. The lowest BCUT2D eigenvalue weighted by molar-refractivity contribution is -0.0406. The van der Waals surface area contributed by atoms with Gasteiger partial charge in [-0.1, -0.05) is 0 Å². The number of fused-ring (bicyclic) bond motifs is 1. The topological polar surface area (TPSA) is 66.9 Å². The zero-order valence-electron chi connectivity index (χ0n) is 13.4. The minimum atomic E-state index is -3.25. The van der Waals surface area contributed by atoms with E-state index in [4.69, 9.17) is 4.74 Å². The molecule has 128 valence electrons. The zero-order valence-corrected chi connectivity index (χ0v) is 15.0. The maximum atomic E-state index is 12.6. The molecule has 0 aromatic carbocycles. The summed E-state index contributed by atoms with van der Waals surface area (Å²) in [6.45, 7) is 3.97. The highest BCUT2D eigenvalue weighted by Gasteiger charge is 2.39. The molecule has 2 aliphatic rings. The van der Waals surface area contributed by atoms with Crippen molar-refractivity contribution < 1.29 is 17.9 Å². The fourth-order valence-corrected chi connectivity index (χ4v) is 5.36. The van der Waals surface area contributed by atoms with Gasteiger partial charge in [0.25, 0.3) is 5.91 Å². The maximum Gasteiger partial charge on any atom is 0.263 e. The van der Waals surface area contributed by atoms with E-state index in [-0.39, 0.29) is 18.1 Å². The van der Waals surface area contributed by atoms with E-state index in [1.807, 2.05) is 23.3 Å². The van der Waals surface area contributed by atoms with E-state index in [0.717, 1.165) is 10.4 Å². The first-order chi connectivity index (χ1) is 10.9. The van der Waals surface area contributed by atoms with Crippen LogP contribution < -0.4 is 0 Å². The second-order valence-corrected chi connectivity index (χ2v) is 9.05. The van der Waals surface area contributed by atoms with Gasteiger partial charge >= 0.3 is 0 Å². The van der Waals surface area contributed by atoms with Crippen LogP contribution in [0.15, 0.2) is 11.4 Å². The minimum absolute atomic E-state index is 0.0349. The summed E-state index contributed by atoms with van der Waals surface area (Å²) < 4.78 is 31.3. The van der Waals surface area contributed by atoms with Crippen LogP contribution in [0.2, 0.25) is 0 Å². The molecule has 3 rings (SSSR count). The third-order valence-corrected chi connectivity index (χ3v) is 6.82. The molecule has 23 heavy (non-hydrogen) atoms. The molecule has 1 aromatic heterocycles. The summed E-state index contributed by atoms with van der Waals surface area (Å²) in [7, 11) is -3.25. The summed E-state index contributed by atoms with van der Waals surface area (Å²) in [4.78, 5) is 15.2. The Morgan fingerprint density at radius 3 is 2.70 bits per heavy atom. The molecule has 1 amide bonds. The van der Waals surface area contributed by atoms with Crippen LogP contribution in [0.3, 0.4) is 0 Å². The first kappa shape index (κ1) is 16.9. The number of rotatable bonds is 2. The fourth-order valence-electron chi connectivity index (χ4n) is 3.36. The first-order valence-electron chi connectivity index (χ1n) is 7.79. The van der Waals surface area contributed by atoms with Gasteiger partial charge in [0.1, 0.15) is 0 Å². The lowest BCUT2D eigenvalue weighted by atomic mass is 10.0. The molecule has 1 aromatic rings. The number of aryl methyl sites for hydroxylation is 1. The second kappa shape index (κ2) is 6.51. The van der Waals surface area contributed by atoms with Gasteiger partial charge in [0.15, 0.2) is 0 Å². The summed E-state index contributed by atoms with van der Waals surface area (Å²) in [5, 5.41) is 1.97. The van der Waals surface area contributed by atoms with Crippen molar-refractivity contribution in [2.75, 3.05) is 32.5 Å². The second-order valence-electron chi connectivity index (χ2n) is 6.21. The molecule has 8 heteroatoms. The third-order valence-electron chi connectivity index (χ3n) is 4.48. The predicted octanol–water partition coefficient (Wildman–Crippen LogP) is 1.32. The molecule has 2 saturated heterocycles. The standard InChI is InChI=1S/C15H22N2O4S2/c1-11-9-14(22-10-11)15(18)16-5-3-12-13(4-6-16)21-8-7-17(12)23(2,19)20/h9-10,12-13H,3-8H2,1-2H3/t12-,13-/m1/s1. The monoisotopic (exact) mass is 358 g/mol. The van der Waals surface area contributed by atoms with Crippen LogP contribution in [-0.2, 0) is 14.8 Å². The van der Waals surface area contributed by atoms with Gasteiger partial charge in [0.05, 0.1) is 29.9 Å². The van der Waals surface area contributed by atoms with Gasteiger partial charge in [-0.25, -0.2) is 8.42 Å². The van der Waals surface area contributed by atoms with Crippen LogP contribution in [-0.4, -0.2) is 68.2 Å². The molecule has 2 aliphatic heterocycles. The number of thiophene rings is 1. The highest BCUT2D eigenvalue weighted by molar-refractivity contribution is 7.88. The van der Waals surface area contributed by atoms with Gasteiger partial charge in [0.2, 0.25) is 10.0 Å². The molecule has 0 saturated carbocycles. The smallest absolute Gasteiger partial charge is 0.263 e. The van der Waals surface area contributed by atoms with E-state index in [2.05, 4.69) is 0 Å². The Kier molecular flexibility index (Phi) is 4.78. The Balaban J connectivity index is 1.74. The Hall–Kier alpha value is -0.960. The highest BCUT2D eigenvalue weighted by Crippen LogP contribution is 2.27. The number of amides is 1. The molecule has 3 heterocycles. The van der Waals surface area contributed by atoms with Crippen molar-refractivity contribution in [3.63, 3.8) is 0 Å². The Labute approximate surface area is 141 Å². The Morgan fingerprint density at radius 2 is 2.04 bits per heavy atom. The number of nitrogens with zero attached hydrogens (tertiary/aromatic N) is 2. The van der Waals surface area contributed by atoms with E-state index >= 15 is 0 Å². The van der Waals surface area contributed by atoms with Crippen molar-refractivity contribution in [1.29, 1.82) is 0 Å². The third kappa shape index (κ3) is 3.60.